The van der Waals surface area contributed by atoms with Gasteiger partial charge in [0.1, 0.15) is 6.33 Å². The summed E-state index contributed by atoms with van der Waals surface area (Å²) in [6.45, 7) is 0. The molecule has 0 aliphatic rings. The van der Waals surface area contributed by atoms with Gasteiger partial charge in [0.25, 0.3) is 5.78 Å². The van der Waals surface area contributed by atoms with Crippen molar-refractivity contribution in [1.29, 1.82) is 0 Å². The average molecular weight is 312 g/mol. The second-order valence-corrected chi connectivity index (χ2v) is 5.64. The highest BCUT2D eigenvalue weighted by Crippen LogP contribution is 2.26. The maximum atomic E-state index is 11.9. The van der Waals surface area contributed by atoms with E-state index in [4.69, 9.17) is 0 Å². The Bertz CT molecular complexity index is 781. The summed E-state index contributed by atoms with van der Waals surface area (Å²) in [5.41, 5.74) is 0.691. The predicted molar refractivity (Wildman–Crippen MR) is 80.8 cm³/mol. The van der Waals surface area contributed by atoms with Gasteiger partial charge in [0.15, 0.2) is 5.82 Å². The van der Waals surface area contributed by atoms with Crippen molar-refractivity contribution >= 4 is 23.3 Å². The van der Waals surface area contributed by atoms with Gasteiger partial charge >= 0.3 is 0 Å². The molecule has 0 spiro atoms. The standard InChI is InChI=1S/C15H12N4O2S/c20-12(14(21)15-16-9-17-19-15)8-10-6-7-13(18-10)22-11-4-2-1-3-5-11/h1-7,9,18H,8H2,(H,16,17,19). The Morgan fingerprint density at radius 3 is 2.64 bits per heavy atom. The summed E-state index contributed by atoms with van der Waals surface area (Å²) < 4.78 is 0. The van der Waals surface area contributed by atoms with Crippen LogP contribution in [0.5, 0.6) is 0 Å². The number of nitrogens with one attached hydrogen (secondary N) is 2. The van der Waals surface area contributed by atoms with E-state index < -0.39 is 11.6 Å². The van der Waals surface area contributed by atoms with Crippen molar-refractivity contribution in [3.05, 3.63) is 60.3 Å². The molecule has 6 nitrogen and oxygen atoms in total. The van der Waals surface area contributed by atoms with E-state index in [0.717, 1.165) is 9.92 Å². The number of benzene rings is 1. The number of Topliss-reactive ketones (excluding diaryl/α,β-unsaturated/α-hetero) is 2. The van der Waals surface area contributed by atoms with Gasteiger partial charge in [-0.2, -0.15) is 5.10 Å². The van der Waals surface area contributed by atoms with Gasteiger partial charge < -0.3 is 4.98 Å². The molecule has 3 rings (SSSR count). The van der Waals surface area contributed by atoms with Crippen molar-refractivity contribution < 1.29 is 9.59 Å². The zero-order valence-corrected chi connectivity index (χ0v) is 12.3. The lowest BCUT2D eigenvalue weighted by Crippen LogP contribution is -2.18. The van der Waals surface area contributed by atoms with Gasteiger partial charge in [0.05, 0.1) is 11.4 Å². The number of carbonyl (C=O) groups excluding carboxylic acids is 2. The summed E-state index contributed by atoms with van der Waals surface area (Å²) in [4.78, 5) is 31.6. The van der Waals surface area contributed by atoms with E-state index in [0.29, 0.717) is 5.69 Å². The summed E-state index contributed by atoms with van der Waals surface area (Å²) >= 11 is 1.56. The molecule has 1 aromatic carbocycles. The van der Waals surface area contributed by atoms with Crippen LogP contribution in [0, 0.1) is 0 Å². The molecule has 3 aromatic rings. The number of rotatable bonds is 6. The number of hydrogen-bond acceptors (Lipinski definition) is 5. The molecule has 0 radical (unpaired) electrons. The van der Waals surface area contributed by atoms with Crippen LogP contribution in [0.25, 0.3) is 0 Å². The lowest BCUT2D eigenvalue weighted by atomic mass is 10.1. The number of ketones is 2. The Morgan fingerprint density at radius 1 is 1.09 bits per heavy atom. The van der Waals surface area contributed by atoms with Crippen molar-refractivity contribution in [1.82, 2.24) is 20.2 Å². The van der Waals surface area contributed by atoms with Crippen LogP contribution >= 0.6 is 11.8 Å². The fraction of sp³-hybridized carbons (Fsp3) is 0.0667. The lowest BCUT2D eigenvalue weighted by Gasteiger charge is -1.99. The normalized spacial score (nSPS) is 10.5. The molecule has 0 fully saturated rings. The topological polar surface area (TPSA) is 91.5 Å². The quantitative estimate of drug-likeness (QED) is 0.538. The number of aromatic nitrogens is 4. The van der Waals surface area contributed by atoms with E-state index in [9.17, 15) is 9.59 Å². The molecule has 0 aliphatic heterocycles. The zero-order valence-electron chi connectivity index (χ0n) is 11.4. The fourth-order valence-electron chi connectivity index (χ4n) is 1.90. The van der Waals surface area contributed by atoms with Crippen molar-refractivity contribution in [2.45, 2.75) is 16.3 Å². The Hall–Kier alpha value is -2.67. The van der Waals surface area contributed by atoms with Gasteiger partial charge in [0.2, 0.25) is 5.78 Å². The SMILES string of the molecule is O=C(Cc1ccc(Sc2ccccc2)[nH]1)C(=O)c1ncn[nH]1. The predicted octanol–water partition coefficient (Wildman–Crippen LogP) is 2.28. The summed E-state index contributed by atoms with van der Waals surface area (Å²) in [5.74, 6) is -1.23. The Morgan fingerprint density at radius 2 is 1.91 bits per heavy atom. The molecular formula is C15H12N4O2S. The molecular weight excluding hydrogens is 300 g/mol. The van der Waals surface area contributed by atoms with E-state index in [-0.39, 0.29) is 12.2 Å². The minimum Gasteiger partial charge on any atom is -0.353 e. The smallest absolute Gasteiger partial charge is 0.265 e. The number of aromatic amines is 2. The summed E-state index contributed by atoms with van der Waals surface area (Å²) in [6, 6.07) is 13.6. The molecule has 0 atom stereocenters. The third kappa shape index (κ3) is 3.32. The molecule has 0 saturated heterocycles. The van der Waals surface area contributed by atoms with E-state index in [1.165, 1.54) is 6.33 Å². The van der Waals surface area contributed by atoms with E-state index in [2.05, 4.69) is 20.2 Å². The van der Waals surface area contributed by atoms with Crippen LogP contribution < -0.4 is 0 Å². The highest BCUT2D eigenvalue weighted by molar-refractivity contribution is 7.99. The number of nitrogens with zero attached hydrogens (tertiary/aromatic N) is 2. The van der Waals surface area contributed by atoms with Gasteiger partial charge in [-0.3, -0.25) is 14.7 Å². The molecule has 0 bridgehead atoms. The molecule has 2 N–H and O–H groups in total. The number of carbonyl (C=O) groups is 2. The van der Waals surface area contributed by atoms with E-state index in [1.807, 2.05) is 36.4 Å². The second kappa shape index (κ2) is 6.40. The van der Waals surface area contributed by atoms with Crippen LogP contribution in [0.1, 0.15) is 16.3 Å². The summed E-state index contributed by atoms with van der Waals surface area (Å²) in [7, 11) is 0. The maximum Gasteiger partial charge on any atom is 0.265 e. The first-order chi connectivity index (χ1) is 10.7. The molecule has 0 aliphatic carbocycles. The van der Waals surface area contributed by atoms with Crippen molar-refractivity contribution in [3.8, 4) is 0 Å². The Balaban J connectivity index is 1.64. The highest BCUT2D eigenvalue weighted by atomic mass is 32.2. The first-order valence-electron chi connectivity index (χ1n) is 6.56. The minimum absolute atomic E-state index is 0.00881. The van der Waals surface area contributed by atoms with Gasteiger partial charge in [-0.05, 0) is 24.3 Å². The van der Waals surface area contributed by atoms with Crippen molar-refractivity contribution in [2.75, 3.05) is 0 Å². The van der Waals surface area contributed by atoms with Crippen LogP contribution in [0.15, 0.2) is 58.7 Å². The monoisotopic (exact) mass is 312 g/mol. The summed E-state index contributed by atoms with van der Waals surface area (Å²) in [5, 5.41) is 6.88. The van der Waals surface area contributed by atoms with Crippen molar-refractivity contribution in [2.24, 2.45) is 0 Å². The molecule has 7 heteroatoms. The zero-order chi connectivity index (χ0) is 15.4. The lowest BCUT2D eigenvalue weighted by molar-refractivity contribution is -0.114. The fourth-order valence-corrected chi connectivity index (χ4v) is 2.76. The summed E-state index contributed by atoms with van der Waals surface area (Å²) in [6.07, 6.45) is 1.21. The van der Waals surface area contributed by atoms with Gasteiger partial charge in [-0.15, -0.1) is 0 Å². The van der Waals surface area contributed by atoms with Crippen LogP contribution in [0.3, 0.4) is 0 Å². The van der Waals surface area contributed by atoms with Gasteiger partial charge in [-0.1, -0.05) is 30.0 Å². The molecule has 22 heavy (non-hydrogen) atoms. The average Bonchev–Trinajstić information content (AvgIpc) is 3.19. The minimum atomic E-state index is -0.663. The van der Waals surface area contributed by atoms with Gasteiger partial charge in [-0.25, -0.2) is 4.98 Å². The third-order valence-corrected chi connectivity index (χ3v) is 3.89. The third-order valence-electron chi connectivity index (χ3n) is 2.93. The molecule has 0 saturated carbocycles. The van der Waals surface area contributed by atoms with E-state index in [1.54, 1.807) is 17.8 Å². The molecule has 0 unspecified atom stereocenters. The Kier molecular flexibility index (Phi) is 4.15. The first kappa shape index (κ1) is 14.3. The molecule has 110 valence electrons. The van der Waals surface area contributed by atoms with E-state index >= 15 is 0 Å². The molecule has 0 amide bonds. The Labute approximate surface area is 130 Å². The van der Waals surface area contributed by atoms with Gasteiger partial charge in [0, 0.05) is 10.6 Å². The van der Waals surface area contributed by atoms with Crippen molar-refractivity contribution in [3.63, 3.8) is 0 Å². The first-order valence-corrected chi connectivity index (χ1v) is 7.38. The van der Waals surface area contributed by atoms with Crippen LogP contribution in [0.2, 0.25) is 0 Å². The van der Waals surface area contributed by atoms with Crippen LogP contribution in [0.4, 0.5) is 0 Å². The van der Waals surface area contributed by atoms with Crippen LogP contribution in [-0.2, 0) is 11.2 Å². The van der Waals surface area contributed by atoms with Crippen LogP contribution in [-0.4, -0.2) is 31.7 Å². The molecule has 2 aromatic heterocycles. The number of hydrogen-bond donors (Lipinski definition) is 2. The maximum absolute atomic E-state index is 11.9. The highest BCUT2D eigenvalue weighted by Gasteiger charge is 2.19. The number of H-pyrrole nitrogens is 2. The largest absolute Gasteiger partial charge is 0.353 e. The second-order valence-electron chi connectivity index (χ2n) is 4.53. The molecule has 2 heterocycles.